The molecular formula is C22H25NO. The van der Waals surface area contributed by atoms with E-state index < -0.39 is 0 Å². The zero-order valence-corrected chi connectivity index (χ0v) is 14.5. The maximum Gasteiger partial charge on any atom is 0.0719 e. The monoisotopic (exact) mass is 319 g/mol. The third-order valence-electron chi connectivity index (χ3n) is 4.45. The molecule has 0 amide bonds. The zero-order chi connectivity index (χ0) is 16.8. The van der Waals surface area contributed by atoms with Crippen molar-refractivity contribution in [2.75, 3.05) is 6.61 Å². The lowest BCUT2D eigenvalue weighted by Gasteiger charge is -2.17. The van der Waals surface area contributed by atoms with Crippen LogP contribution in [0.3, 0.4) is 0 Å². The molecule has 24 heavy (non-hydrogen) atoms. The fourth-order valence-electron chi connectivity index (χ4n) is 2.94. The van der Waals surface area contributed by atoms with E-state index in [0.717, 1.165) is 13.2 Å². The Morgan fingerprint density at radius 3 is 2.38 bits per heavy atom. The number of ether oxygens (including phenoxy) is 1. The first-order chi connectivity index (χ1) is 11.8. The molecule has 0 radical (unpaired) electrons. The molecule has 0 saturated carbocycles. The Balaban J connectivity index is 1.69. The van der Waals surface area contributed by atoms with Crippen LogP contribution in [0, 0.1) is 0 Å². The molecule has 0 saturated heterocycles. The van der Waals surface area contributed by atoms with E-state index in [1.54, 1.807) is 0 Å². The van der Waals surface area contributed by atoms with Gasteiger partial charge in [0.25, 0.3) is 0 Å². The normalized spacial score (nSPS) is 12.4. The lowest BCUT2D eigenvalue weighted by molar-refractivity contribution is 0.133. The highest BCUT2D eigenvalue weighted by Crippen LogP contribution is 2.21. The summed E-state index contributed by atoms with van der Waals surface area (Å²) in [7, 11) is 0. The van der Waals surface area contributed by atoms with Gasteiger partial charge >= 0.3 is 0 Å². The van der Waals surface area contributed by atoms with Gasteiger partial charge in [-0.25, -0.2) is 0 Å². The van der Waals surface area contributed by atoms with Crippen LogP contribution in [0.25, 0.3) is 10.8 Å². The van der Waals surface area contributed by atoms with Crippen LogP contribution in [0.15, 0.2) is 66.7 Å². The van der Waals surface area contributed by atoms with Crippen LogP contribution in [0.4, 0.5) is 0 Å². The fourth-order valence-corrected chi connectivity index (χ4v) is 2.94. The van der Waals surface area contributed by atoms with Gasteiger partial charge in [-0.1, -0.05) is 60.7 Å². The molecule has 2 nitrogen and oxygen atoms in total. The molecule has 1 N–H and O–H groups in total. The van der Waals surface area contributed by atoms with E-state index in [1.807, 2.05) is 6.92 Å². The molecule has 0 spiro atoms. The quantitative estimate of drug-likeness (QED) is 0.644. The van der Waals surface area contributed by atoms with Crippen LogP contribution >= 0.6 is 0 Å². The Kier molecular flexibility index (Phi) is 5.63. The van der Waals surface area contributed by atoms with Gasteiger partial charge in [-0.15, -0.1) is 0 Å². The molecule has 0 fully saturated rings. The number of hydrogen-bond donors (Lipinski definition) is 1. The topological polar surface area (TPSA) is 21.3 Å². The smallest absolute Gasteiger partial charge is 0.0719 e. The molecule has 1 atom stereocenters. The summed E-state index contributed by atoms with van der Waals surface area (Å²) in [5.41, 5.74) is 3.88. The molecular weight excluding hydrogens is 294 g/mol. The second-order valence-electron chi connectivity index (χ2n) is 6.12. The summed E-state index contributed by atoms with van der Waals surface area (Å²) in [6, 6.07) is 24.0. The molecule has 3 aromatic rings. The highest BCUT2D eigenvalue weighted by atomic mass is 16.5. The lowest BCUT2D eigenvalue weighted by atomic mass is 10.0. The second kappa shape index (κ2) is 8.09. The first-order valence-corrected chi connectivity index (χ1v) is 8.64. The van der Waals surface area contributed by atoms with Crippen molar-refractivity contribution in [2.24, 2.45) is 0 Å². The van der Waals surface area contributed by atoms with E-state index in [2.05, 4.69) is 79.0 Å². The van der Waals surface area contributed by atoms with Crippen LogP contribution in [-0.4, -0.2) is 6.61 Å². The number of hydrogen-bond acceptors (Lipinski definition) is 2. The molecule has 0 aliphatic heterocycles. The Morgan fingerprint density at radius 1 is 0.875 bits per heavy atom. The van der Waals surface area contributed by atoms with E-state index >= 15 is 0 Å². The molecule has 2 heteroatoms. The van der Waals surface area contributed by atoms with Crippen molar-refractivity contribution in [3.63, 3.8) is 0 Å². The first kappa shape index (κ1) is 16.7. The van der Waals surface area contributed by atoms with Crippen LogP contribution in [0.1, 0.15) is 36.6 Å². The number of benzene rings is 3. The van der Waals surface area contributed by atoms with Crippen molar-refractivity contribution < 1.29 is 4.74 Å². The SMILES string of the molecule is CCOCc1ccccc1CNC(C)c1ccc2ccccc2c1. The van der Waals surface area contributed by atoms with Gasteiger partial charge < -0.3 is 10.1 Å². The van der Waals surface area contributed by atoms with Gasteiger partial charge in [0.2, 0.25) is 0 Å². The molecule has 0 aromatic heterocycles. The van der Waals surface area contributed by atoms with Crippen molar-refractivity contribution in [1.29, 1.82) is 0 Å². The van der Waals surface area contributed by atoms with Gasteiger partial charge in [0, 0.05) is 19.2 Å². The Bertz CT molecular complexity index is 797. The molecule has 3 aromatic carbocycles. The average Bonchev–Trinajstić information content (AvgIpc) is 2.64. The first-order valence-electron chi connectivity index (χ1n) is 8.64. The van der Waals surface area contributed by atoms with E-state index in [9.17, 15) is 0 Å². The number of fused-ring (bicyclic) bond motifs is 1. The van der Waals surface area contributed by atoms with E-state index in [1.165, 1.54) is 27.5 Å². The van der Waals surface area contributed by atoms with Crippen LogP contribution < -0.4 is 5.32 Å². The van der Waals surface area contributed by atoms with Gasteiger partial charge in [-0.3, -0.25) is 0 Å². The standard InChI is InChI=1S/C22H25NO/c1-3-24-16-22-11-7-6-10-21(22)15-23-17(2)19-13-12-18-8-4-5-9-20(18)14-19/h4-14,17,23H,3,15-16H2,1-2H3. The summed E-state index contributed by atoms with van der Waals surface area (Å²) in [5, 5.41) is 6.22. The lowest BCUT2D eigenvalue weighted by Crippen LogP contribution is -2.19. The van der Waals surface area contributed by atoms with Gasteiger partial charge in [0.15, 0.2) is 0 Å². The predicted octanol–water partition coefficient (Wildman–Crippen LogP) is 5.23. The van der Waals surface area contributed by atoms with Crippen molar-refractivity contribution in [3.05, 3.63) is 83.4 Å². The minimum atomic E-state index is 0.301. The Labute approximate surface area is 144 Å². The summed E-state index contributed by atoms with van der Waals surface area (Å²) in [4.78, 5) is 0. The molecule has 0 heterocycles. The molecule has 124 valence electrons. The van der Waals surface area contributed by atoms with E-state index in [0.29, 0.717) is 12.6 Å². The van der Waals surface area contributed by atoms with E-state index in [-0.39, 0.29) is 0 Å². The fraction of sp³-hybridized carbons (Fsp3) is 0.273. The zero-order valence-electron chi connectivity index (χ0n) is 14.5. The van der Waals surface area contributed by atoms with Crippen LogP contribution in [-0.2, 0) is 17.9 Å². The van der Waals surface area contributed by atoms with Crippen molar-refractivity contribution in [1.82, 2.24) is 5.32 Å². The van der Waals surface area contributed by atoms with Crippen LogP contribution in [0.5, 0.6) is 0 Å². The molecule has 1 unspecified atom stereocenters. The van der Waals surface area contributed by atoms with Crippen LogP contribution in [0.2, 0.25) is 0 Å². The Hall–Kier alpha value is -2.16. The van der Waals surface area contributed by atoms with Crippen molar-refractivity contribution >= 4 is 10.8 Å². The number of nitrogens with one attached hydrogen (secondary N) is 1. The van der Waals surface area contributed by atoms with Crippen molar-refractivity contribution in [2.45, 2.75) is 33.0 Å². The van der Waals surface area contributed by atoms with Gasteiger partial charge in [-0.05, 0) is 47.4 Å². The maximum atomic E-state index is 5.57. The third kappa shape index (κ3) is 4.02. The van der Waals surface area contributed by atoms with Gasteiger partial charge in [0.1, 0.15) is 0 Å². The minimum absolute atomic E-state index is 0.301. The average molecular weight is 319 g/mol. The maximum absolute atomic E-state index is 5.57. The summed E-state index contributed by atoms with van der Waals surface area (Å²) < 4.78 is 5.57. The minimum Gasteiger partial charge on any atom is -0.377 e. The summed E-state index contributed by atoms with van der Waals surface area (Å²) >= 11 is 0. The summed E-state index contributed by atoms with van der Waals surface area (Å²) in [5.74, 6) is 0. The highest BCUT2D eigenvalue weighted by molar-refractivity contribution is 5.83. The predicted molar refractivity (Wildman–Crippen MR) is 101 cm³/mol. The molecule has 0 bridgehead atoms. The third-order valence-corrected chi connectivity index (χ3v) is 4.45. The molecule has 0 aliphatic rings. The largest absolute Gasteiger partial charge is 0.377 e. The highest BCUT2D eigenvalue weighted by Gasteiger charge is 2.08. The molecule has 3 rings (SSSR count). The Morgan fingerprint density at radius 2 is 1.58 bits per heavy atom. The van der Waals surface area contributed by atoms with Gasteiger partial charge in [-0.2, -0.15) is 0 Å². The van der Waals surface area contributed by atoms with E-state index in [4.69, 9.17) is 4.74 Å². The molecule has 0 aliphatic carbocycles. The van der Waals surface area contributed by atoms with Gasteiger partial charge in [0.05, 0.1) is 6.61 Å². The second-order valence-corrected chi connectivity index (χ2v) is 6.12. The number of rotatable bonds is 7. The van der Waals surface area contributed by atoms with Crippen molar-refractivity contribution in [3.8, 4) is 0 Å². The summed E-state index contributed by atoms with van der Waals surface area (Å²) in [6.45, 7) is 6.52. The summed E-state index contributed by atoms with van der Waals surface area (Å²) in [6.07, 6.45) is 0.